The number of rotatable bonds is 3. The first kappa shape index (κ1) is 12.0. The van der Waals surface area contributed by atoms with E-state index in [9.17, 15) is 0 Å². The second-order valence-electron chi connectivity index (χ2n) is 4.62. The molecule has 0 bridgehead atoms. The molecule has 3 aromatic rings. The van der Waals surface area contributed by atoms with Gasteiger partial charge in [0.15, 0.2) is 0 Å². The van der Waals surface area contributed by atoms with Crippen LogP contribution in [0.2, 0.25) is 0 Å². The summed E-state index contributed by atoms with van der Waals surface area (Å²) in [6.45, 7) is 2.03. The predicted molar refractivity (Wildman–Crippen MR) is 73.3 cm³/mol. The molecule has 3 rings (SSSR count). The Kier molecular flexibility index (Phi) is 2.85. The molecule has 0 radical (unpaired) electrons. The van der Waals surface area contributed by atoms with Crippen molar-refractivity contribution in [3.05, 3.63) is 53.5 Å². The summed E-state index contributed by atoms with van der Waals surface area (Å²) in [6, 6.07) is 9.81. The molecule has 0 saturated heterocycles. The maximum absolute atomic E-state index is 5.95. The Balaban J connectivity index is 2.12. The number of nitrogens with one attached hydrogen (secondary N) is 1. The summed E-state index contributed by atoms with van der Waals surface area (Å²) in [5, 5.41) is 5.24. The van der Waals surface area contributed by atoms with Gasteiger partial charge in [0.05, 0.1) is 5.69 Å². The van der Waals surface area contributed by atoms with Crippen molar-refractivity contribution in [2.45, 2.75) is 13.0 Å². The van der Waals surface area contributed by atoms with Gasteiger partial charge in [-0.05, 0) is 24.6 Å². The van der Waals surface area contributed by atoms with E-state index in [1.165, 1.54) is 0 Å². The van der Waals surface area contributed by atoms with Crippen LogP contribution >= 0.6 is 0 Å². The number of hydrazine groups is 1. The molecule has 0 saturated carbocycles. The maximum atomic E-state index is 5.95. The number of nitrogens with zero attached hydrogens (tertiary/aromatic N) is 2. The highest BCUT2D eigenvalue weighted by Crippen LogP contribution is 2.29. The Morgan fingerprint density at radius 2 is 2.21 bits per heavy atom. The lowest BCUT2D eigenvalue weighted by Gasteiger charge is -2.13. The molecule has 3 N–H and O–H groups in total. The number of nitrogens with two attached hydrogens (primary N) is 1. The van der Waals surface area contributed by atoms with Crippen LogP contribution in [0, 0.1) is 6.92 Å². The third-order valence-corrected chi connectivity index (χ3v) is 3.37. The number of aryl methyl sites for hydroxylation is 2. The van der Waals surface area contributed by atoms with E-state index >= 15 is 0 Å². The molecule has 1 unspecified atom stereocenters. The molecular weight excluding hydrogens is 240 g/mol. The van der Waals surface area contributed by atoms with E-state index in [-0.39, 0.29) is 6.04 Å². The van der Waals surface area contributed by atoms with Gasteiger partial charge in [0, 0.05) is 18.6 Å². The Morgan fingerprint density at radius 1 is 1.37 bits per heavy atom. The number of aromatic nitrogens is 2. The van der Waals surface area contributed by atoms with Crippen LogP contribution in [0.3, 0.4) is 0 Å². The zero-order valence-electron chi connectivity index (χ0n) is 10.9. The Hall–Kier alpha value is -2.11. The first-order chi connectivity index (χ1) is 9.20. The monoisotopic (exact) mass is 256 g/mol. The van der Waals surface area contributed by atoms with Crippen molar-refractivity contribution in [2.24, 2.45) is 12.9 Å². The molecule has 0 aliphatic heterocycles. The second-order valence-corrected chi connectivity index (χ2v) is 4.62. The smallest absolute Gasteiger partial charge is 0.137 e. The maximum Gasteiger partial charge on any atom is 0.137 e. The summed E-state index contributed by atoms with van der Waals surface area (Å²) in [6.07, 6.45) is 1.74. The van der Waals surface area contributed by atoms with Crippen molar-refractivity contribution in [1.29, 1.82) is 0 Å². The Morgan fingerprint density at radius 3 is 2.84 bits per heavy atom. The fourth-order valence-corrected chi connectivity index (χ4v) is 2.35. The molecule has 5 heteroatoms. The van der Waals surface area contributed by atoms with E-state index in [2.05, 4.69) is 10.5 Å². The van der Waals surface area contributed by atoms with Crippen molar-refractivity contribution in [2.75, 3.05) is 0 Å². The summed E-state index contributed by atoms with van der Waals surface area (Å²) in [5.41, 5.74) is 5.76. The molecule has 2 aromatic heterocycles. The molecule has 2 heterocycles. The summed E-state index contributed by atoms with van der Waals surface area (Å²) in [7, 11) is 1.88. The molecule has 0 aliphatic carbocycles. The molecule has 19 heavy (non-hydrogen) atoms. The van der Waals surface area contributed by atoms with Gasteiger partial charge in [0.1, 0.15) is 17.4 Å². The molecular formula is C14H16N4O. The number of hydrogen-bond acceptors (Lipinski definition) is 4. The topological polar surface area (TPSA) is 69.0 Å². The number of benzene rings is 1. The number of hydrogen-bond donors (Lipinski definition) is 2. The summed E-state index contributed by atoms with van der Waals surface area (Å²) in [5.74, 6) is 6.46. The SMILES string of the molecule is Cc1cccc2cc(C(NN)c3ccnn3C)oc12. The average molecular weight is 256 g/mol. The van der Waals surface area contributed by atoms with Gasteiger partial charge in [0.2, 0.25) is 0 Å². The van der Waals surface area contributed by atoms with Gasteiger partial charge in [-0.25, -0.2) is 5.43 Å². The quantitative estimate of drug-likeness (QED) is 0.555. The summed E-state index contributed by atoms with van der Waals surface area (Å²) in [4.78, 5) is 0. The van der Waals surface area contributed by atoms with E-state index in [0.717, 1.165) is 28.0 Å². The lowest BCUT2D eigenvalue weighted by atomic mass is 10.1. The molecule has 0 spiro atoms. The highest BCUT2D eigenvalue weighted by atomic mass is 16.3. The zero-order chi connectivity index (χ0) is 13.4. The fourth-order valence-electron chi connectivity index (χ4n) is 2.35. The van der Waals surface area contributed by atoms with Crippen molar-refractivity contribution >= 4 is 11.0 Å². The van der Waals surface area contributed by atoms with E-state index in [0.29, 0.717) is 0 Å². The largest absolute Gasteiger partial charge is 0.459 e. The standard InChI is InChI=1S/C14H16N4O/c1-9-4-3-5-10-8-12(19-14(9)10)13(17-15)11-6-7-16-18(11)2/h3-8,13,17H,15H2,1-2H3. The molecule has 5 nitrogen and oxygen atoms in total. The second kappa shape index (κ2) is 4.53. The minimum absolute atomic E-state index is 0.209. The first-order valence-corrected chi connectivity index (χ1v) is 6.14. The van der Waals surface area contributed by atoms with Gasteiger partial charge in [-0.3, -0.25) is 10.5 Å². The molecule has 0 aliphatic rings. The van der Waals surface area contributed by atoms with E-state index in [1.807, 2.05) is 44.3 Å². The summed E-state index contributed by atoms with van der Waals surface area (Å²) >= 11 is 0. The molecule has 1 aromatic carbocycles. The average Bonchev–Trinajstić information content (AvgIpc) is 2.99. The van der Waals surface area contributed by atoms with Crippen LogP contribution in [0.1, 0.15) is 23.1 Å². The zero-order valence-corrected chi connectivity index (χ0v) is 10.9. The van der Waals surface area contributed by atoms with Crippen molar-refractivity contribution in [3.63, 3.8) is 0 Å². The van der Waals surface area contributed by atoms with Crippen LogP contribution in [-0.4, -0.2) is 9.78 Å². The third kappa shape index (κ3) is 1.93. The van der Waals surface area contributed by atoms with Crippen LogP contribution in [0.25, 0.3) is 11.0 Å². The number of furan rings is 1. The normalized spacial score (nSPS) is 13.0. The van der Waals surface area contributed by atoms with Crippen LogP contribution in [-0.2, 0) is 7.05 Å². The van der Waals surface area contributed by atoms with Crippen molar-refractivity contribution in [3.8, 4) is 0 Å². The van der Waals surface area contributed by atoms with Gasteiger partial charge >= 0.3 is 0 Å². The van der Waals surface area contributed by atoms with Crippen LogP contribution < -0.4 is 11.3 Å². The number of para-hydroxylation sites is 1. The number of fused-ring (bicyclic) bond motifs is 1. The van der Waals surface area contributed by atoms with Crippen molar-refractivity contribution < 1.29 is 4.42 Å². The van der Waals surface area contributed by atoms with Crippen LogP contribution in [0.5, 0.6) is 0 Å². The lowest BCUT2D eigenvalue weighted by Crippen LogP contribution is -2.30. The van der Waals surface area contributed by atoms with E-state index < -0.39 is 0 Å². The highest BCUT2D eigenvalue weighted by Gasteiger charge is 2.20. The van der Waals surface area contributed by atoms with Gasteiger partial charge in [-0.2, -0.15) is 5.10 Å². The van der Waals surface area contributed by atoms with Gasteiger partial charge in [-0.1, -0.05) is 18.2 Å². The van der Waals surface area contributed by atoms with E-state index in [4.69, 9.17) is 10.3 Å². The Bertz CT molecular complexity index is 713. The Labute approximate surface area is 111 Å². The fraction of sp³-hybridized carbons (Fsp3) is 0.214. The molecule has 0 fully saturated rings. The predicted octanol–water partition coefficient (Wildman–Crippen LogP) is 2.03. The van der Waals surface area contributed by atoms with Gasteiger partial charge < -0.3 is 4.42 Å². The minimum Gasteiger partial charge on any atom is -0.459 e. The van der Waals surface area contributed by atoms with Gasteiger partial charge in [-0.15, -0.1) is 0 Å². The molecule has 0 amide bonds. The first-order valence-electron chi connectivity index (χ1n) is 6.14. The van der Waals surface area contributed by atoms with Crippen LogP contribution in [0.4, 0.5) is 0 Å². The molecule has 98 valence electrons. The highest BCUT2D eigenvalue weighted by molar-refractivity contribution is 5.81. The van der Waals surface area contributed by atoms with Gasteiger partial charge in [0.25, 0.3) is 0 Å². The van der Waals surface area contributed by atoms with E-state index in [1.54, 1.807) is 10.9 Å². The third-order valence-electron chi connectivity index (χ3n) is 3.37. The minimum atomic E-state index is -0.209. The van der Waals surface area contributed by atoms with Crippen molar-refractivity contribution in [1.82, 2.24) is 15.2 Å². The lowest BCUT2D eigenvalue weighted by molar-refractivity contribution is 0.458. The van der Waals surface area contributed by atoms with Crippen LogP contribution in [0.15, 0.2) is 40.9 Å². The summed E-state index contributed by atoms with van der Waals surface area (Å²) < 4.78 is 7.73. The molecule has 1 atom stereocenters.